The van der Waals surface area contributed by atoms with E-state index in [9.17, 15) is 9.59 Å². The number of amidine groups is 1. The van der Waals surface area contributed by atoms with Gasteiger partial charge in [0.05, 0.1) is 0 Å². The largest absolute Gasteiger partial charge is 0.404 e. The molecule has 39 heavy (non-hydrogen) atoms. The first-order chi connectivity index (χ1) is 18.6. The second-order valence-corrected chi connectivity index (χ2v) is 10.5. The summed E-state index contributed by atoms with van der Waals surface area (Å²) in [6.45, 7) is 15.2. The number of carbonyl (C=O) groups excluding carboxylic acids is 2. The van der Waals surface area contributed by atoms with E-state index in [2.05, 4.69) is 42.2 Å². The van der Waals surface area contributed by atoms with Crippen LogP contribution in [0.15, 0.2) is 77.1 Å². The number of nitrogens with zero attached hydrogens (tertiary/aromatic N) is 5. The Hall–Kier alpha value is -3.79. The SMILES string of the molecule is C=C/C(=C\C=C(/N)NC(=C)/N=C1\C(=C/N)C=C(C(=O)N(C)C)N1C1CCCC1)C(=O)N1CCN(C(C)C)CC1. The minimum atomic E-state index is -0.109. The van der Waals surface area contributed by atoms with E-state index < -0.39 is 0 Å². The van der Waals surface area contributed by atoms with Crippen molar-refractivity contribution in [1.29, 1.82) is 0 Å². The zero-order chi connectivity index (χ0) is 28.7. The van der Waals surface area contributed by atoms with Crippen molar-refractivity contribution in [1.82, 2.24) is 24.9 Å². The molecular weight excluding hydrogens is 492 g/mol. The van der Waals surface area contributed by atoms with Crippen molar-refractivity contribution >= 4 is 17.6 Å². The highest BCUT2D eigenvalue weighted by Gasteiger charge is 2.37. The van der Waals surface area contributed by atoms with Crippen molar-refractivity contribution in [2.45, 2.75) is 51.6 Å². The van der Waals surface area contributed by atoms with Gasteiger partial charge >= 0.3 is 0 Å². The summed E-state index contributed by atoms with van der Waals surface area (Å²) in [5.41, 5.74) is 13.8. The third-order valence-electron chi connectivity index (χ3n) is 7.30. The van der Waals surface area contributed by atoms with Crippen molar-refractivity contribution in [2.24, 2.45) is 16.5 Å². The predicted octanol–water partition coefficient (Wildman–Crippen LogP) is 1.98. The second kappa shape index (κ2) is 13.3. The summed E-state index contributed by atoms with van der Waals surface area (Å²) in [5.74, 6) is 0.941. The topological polar surface area (TPSA) is 124 Å². The summed E-state index contributed by atoms with van der Waals surface area (Å²) in [6.07, 6.45) is 12.1. The van der Waals surface area contributed by atoms with E-state index in [1.165, 1.54) is 6.20 Å². The molecule has 0 radical (unpaired) electrons. The average Bonchev–Trinajstić information content (AvgIpc) is 3.56. The van der Waals surface area contributed by atoms with Crippen molar-refractivity contribution in [3.8, 4) is 0 Å². The number of hydrogen-bond acceptors (Lipinski definition) is 7. The molecule has 0 atom stereocenters. The third kappa shape index (κ3) is 7.20. The molecule has 10 nitrogen and oxygen atoms in total. The van der Waals surface area contributed by atoms with Crippen molar-refractivity contribution < 1.29 is 9.59 Å². The molecule has 2 fully saturated rings. The van der Waals surface area contributed by atoms with Crippen LogP contribution in [0, 0.1) is 0 Å². The fourth-order valence-electron chi connectivity index (χ4n) is 5.10. The number of hydrogen-bond donors (Lipinski definition) is 3. The molecule has 2 aliphatic heterocycles. The van der Waals surface area contributed by atoms with Crippen LogP contribution < -0.4 is 16.8 Å². The highest BCUT2D eigenvalue weighted by molar-refractivity contribution is 6.12. The van der Waals surface area contributed by atoms with Gasteiger partial charge in [-0.25, -0.2) is 4.99 Å². The van der Waals surface area contributed by atoms with E-state index >= 15 is 0 Å². The lowest BCUT2D eigenvalue weighted by atomic mass is 10.1. The van der Waals surface area contributed by atoms with Gasteiger partial charge in [0, 0.05) is 69.7 Å². The first-order valence-electron chi connectivity index (χ1n) is 13.6. The maximum absolute atomic E-state index is 13.0. The van der Waals surface area contributed by atoms with E-state index in [4.69, 9.17) is 11.5 Å². The summed E-state index contributed by atoms with van der Waals surface area (Å²) in [4.78, 5) is 38.4. The van der Waals surface area contributed by atoms with Crippen LogP contribution in [0.1, 0.15) is 39.5 Å². The second-order valence-electron chi connectivity index (χ2n) is 10.5. The Bertz CT molecular complexity index is 1110. The number of nitrogens with two attached hydrogens (primary N) is 2. The Kier molecular flexibility index (Phi) is 10.2. The molecule has 0 spiro atoms. The molecule has 10 heteroatoms. The molecule has 0 aromatic heterocycles. The van der Waals surface area contributed by atoms with Crippen LogP contribution >= 0.6 is 0 Å². The van der Waals surface area contributed by atoms with Crippen LogP contribution in [-0.4, -0.2) is 89.6 Å². The Morgan fingerprint density at radius 1 is 1.15 bits per heavy atom. The normalized spacial score (nSPS) is 21.6. The number of nitrogens with one attached hydrogen (secondary N) is 1. The van der Waals surface area contributed by atoms with Crippen molar-refractivity contribution in [3.63, 3.8) is 0 Å². The highest BCUT2D eigenvalue weighted by atomic mass is 16.2. The van der Waals surface area contributed by atoms with Gasteiger partial charge in [-0.15, -0.1) is 0 Å². The quantitative estimate of drug-likeness (QED) is 0.304. The van der Waals surface area contributed by atoms with Crippen LogP contribution in [0.25, 0.3) is 0 Å². The summed E-state index contributed by atoms with van der Waals surface area (Å²) in [6, 6.07) is 0.618. The molecule has 1 aliphatic carbocycles. The van der Waals surface area contributed by atoms with Gasteiger partial charge in [-0.3, -0.25) is 14.5 Å². The Labute approximate surface area is 232 Å². The number of likely N-dealkylation sites (N-methyl/N-ethyl adjacent to an activating group) is 1. The third-order valence-corrected chi connectivity index (χ3v) is 7.30. The standard InChI is InChI=1S/C29H44N8O2/c1-7-22(28(38)36-16-14-35(15-17-36)20(2)3)12-13-26(31)32-21(4)33-27-23(19-30)18-25(29(39)34(5)6)37(27)24-10-8-9-11-24/h7,12-13,18-20,24,32H,1,4,8-11,14-17,30-31H2,2-3,5-6H3/b22-12+,23-19-,26-13+,33-27+. The number of allylic oxidation sites excluding steroid dienone is 2. The summed E-state index contributed by atoms with van der Waals surface area (Å²) in [7, 11) is 3.45. The molecule has 3 aliphatic rings. The highest BCUT2D eigenvalue weighted by Crippen LogP contribution is 2.33. The molecule has 2 heterocycles. The Morgan fingerprint density at radius 3 is 2.33 bits per heavy atom. The minimum Gasteiger partial charge on any atom is -0.404 e. The predicted molar refractivity (Wildman–Crippen MR) is 157 cm³/mol. The molecule has 5 N–H and O–H groups in total. The monoisotopic (exact) mass is 536 g/mol. The van der Waals surface area contributed by atoms with Gasteiger partial charge in [-0.2, -0.15) is 0 Å². The number of rotatable bonds is 9. The lowest BCUT2D eigenvalue weighted by Gasteiger charge is -2.37. The van der Waals surface area contributed by atoms with E-state index in [1.807, 2.05) is 9.80 Å². The van der Waals surface area contributed by atoms with E-state index in [0.717, 1.165) is 38.8 Å². The Balaban J connectivity index is 1.74. The molecular formula is C29H44N8O2. The molecule has 0 unspecified atom stereocenters. The maximum atomic E-state index is 13.0. The molecule has 212 valence electrons. The van der Waals surface area contributed by atoms with Gasteiger partial charge in [0.1, 0.15) is 23.2 Å². The van der Waals surface area contributed by atoms with Gasteiger partial charge in [0.2, 0.25) is 0 Å². The number of carbonyl (C=O) groups is 2. The summed E-state index contributed by atoms with van der Waals surface area (Å²) in [5, 5.41) is 2.98. The Morgan fingerprint density at radius 2 is 1.79 bits per heavy atom. The number of piperazine rings is 1. The van der Waals surface area contributed by atoms with Gasteiger partial charge in [-0.05, 0) is 44.9 Å². The van der Waals surface area contributed by atoms with Gasteiger partial charge in [-0.1, -0.05) is 32.1 Å². The maximum Gasteiger partial charge on any atom is 0.270 e. The van der Waals surface area contributed by atoms with Crippen molar-refractivity contribution in [2.75, 3.05) is 40.3 Å². The molecule has 2 amide bonds. The molecule has 1 saturated carbocycles. The van der Waals surface area contributed by atoms with E-state index in [-0.39, 0.29) is 29.5 Å². The lowest BCUT2D eigenvalue weighted by molar-refractivity contribution is -0.128. The molecule has 0 aromatic rings. The van der Waals surface area contributed by atoms with Gasteiger partial charge in [0.25, 0.3) is 11.8 Å². The van der Waals surface area contributed by atoms with Crippen LogP contribution in [0.5, 0.6) is 0 Å². The van der Waals surface area contributed by atoms with Crippen LogP contribution in [-0.2, 0) is 9.59 Å². The summed E-state index contributed by atoms with van der Waals surface area (Å²) >= 11 is 0. The number of aliphatic imine (C=N–C) groups is 1. The zero-order valence-electron chi connectivity index (χ0n) is 23.8. The molecule has 3 rings (SSSR count). The minimum absolute atomic E-state index is 0.0726. The van der Waals surface area contributed by atoms with E-state index in [1.54, 1.807) is 43.3 Å². The lowest BCUT2D eigenvalue weighted by Crippen LogP contribution is -2.50. The van der Waals surface area contributed by atoms with E-state index in [0.29, 0.717) is 41.8 Å². The summed E-state index contributed by atoms with van der Waals surface area (Å²) < 4.78 is 0. The zero-order valence-corrected chi connectivity index (χ0v) is 23.8. The first-order valence-corrected chi connectivity index (χ1v) is 13.6. The van der Waals surface area contributed by atoms with Crippen LogP contribution in [0.2, 0.25) is 0 Å². The molecule has 1 saturated heterocycles. The molecule has 0 bridgehead atoms. The average molecular weight is 537 g/mol. The first kappa shape index (κ1) is 29.8. The fraction of sp³-hybridized carbons (Fsp3) is 0.483. The van der Waals surface area contributed by atoms with Gasteiger partial charge < -0.3 is 31.5 Å². The van der Waals surface area contributed by atoms with Gasteiger partial charge in [0.15, 0.2) is 0 Å². The van der Waals surface area contributed by atoms with Crippen LogP contribution in [0.3, 0.4) is 0 Å². The van der Waals surface area contributed by atoms with Crippen molar-refractivity contribution in [3.05, 3.63) is 72.1 Å². The van der Waals surface area contributed by atoms with Crippen LogP contribution in [0.4, 0.5) is 0 Å². The molecule has 0 aromatic carbocycles. The number of amides is 2. The smallest absolute Gasteiger partial charge is 0.270 e. The fourth-order valence-corrected chi connectivity index (χ4v) is 5.10.